The Morgan fingerprint density at radius 3 is 2.67 bits per heavy atom. The van der Waals surface area contributed by atoms with Crippen LogP contribution in [0.1, 0.15) is 28.9 Å². The standard InChI is InChI=1S/C27H32N6O4S2/c1-37-24-13-18(33-9-5-17(6-10-33)8-12-39(2,35)36)3-4-20(24)31-25-14-19-22(15-29-16-23(19)32-25)30-21-7-11-38-26(21)27(28)34/h3-4,7,11,13-17,30-32H,5-6,8-10,12H2,1-2H3,(H2,28,34). The lowest BCUT2D eigenvalue weighted by molar-refractivity contribution is 0.100. The number of primary amides is 1. The molecule has 3 aromatic heterocycles. The van der Waals surface area contributed by atoms with Crippen molar-refractivity contribution >= 4 is 66.6 Å². The Bertz CT molecular complexity index is 1590. The van der Waals surface area contributed by atoms with Gasteiger partial charge in [0, 0.05) is 36.5 Å². The smallest absolute Gasteiger partial charge is 0.260 e. The minimum Gasteiger partial charge on any atom is -0.494 e. The zero-order valence-corrected chi connectivity index (χ0v) is 23.5. The second-order valence-corrected chi connectivity index (χ2v) is 13.0. The van der Waals surface area contributed by atoms with Crippen molar-refractivity contribution in [1.29, 1.82) is 0 Å². The van der Waals surface area contributed by atoms with Gasteiger partial charge in [-0.15, -0.1) is 11.3 Å². The van der Waals surface area contributed by atoms with Crippen LogP contribution in [0.4, 0.5) is 28.6 Å². The third-order valence-electron chi connectivity index (χ3n) is 7.03. The summed E-state index contributed by atoms with van der Waals surface area (Å²) in [6, 6.07) is 9.89. The molecular formula is C27H32N6O4S2. The van der Waals surface area contributed by atoms with Crippen LogP contribution in [-0.2, 0) is 9.84 Å². The van der Waals surface area contributed by atoms with Gasteiger partial charge < -0.3 is 31.0 Å². The number of H-pyrrole nitrogens is 1. The van der Waals surface area contributed by atoms with Crippen molar-refractivity contribution in [2.75, 3.05) is 47.7 Å². The molecule has 0 radical (unpaired) electrons. The third-order valence-corrected chi connectivity index (χ3v) is 8.94. The number of nitrogens with two attached hydrogens (primary N) is 1. The average Bonchev–Trinajstić information content (AvgIpc) is 3.55. The van der Waals surface area contributed by atoms with Gasteiger partial charge in [-0.1, -0.05) is 0 Å². The molecule has 0 aliphatic carbocycles. The van der Waals surface area contributed by atoms with E-state index < -0.39 is 15.7 Å². The highest BCUT2D eigenvalue weighted by Gasteiger charge is 2.22. The van der Waals surface area contributed by atoms with E-state index in [1.807, 2.05) is 29.6 Å². The first-order valence-corrected chi connectivity index (χ1v) is 15.6. The maximum atomic E-state index is 11.7. The largest absolute Gasteiger partial charge is 0.494 e. The molecule has 0 bridgehead atoms. The van der Waals surface area contributed by atoms with Gasteiger partial charge in [0.1, 0.15) is 26.3 Å². The monoisotopic (exact) mass is 568 g/mol. The zero-order valence-electron chi connectivity index (χ0n) is 21.9. The summed E-state index contributed by atoms with van der Waals surface area (Å²) in [5.41, 5.74) is 9.61. The predicted molar refractivity (Wildman–Crippen MR) is 158 cm³/mol. The van der Waals surface area contributed by atoms with Crippen LogP contribution < -0.4 is 26.0 Å². The van der Waals surface area contributed by atoms with Crippen molar-refractivity contribution in [1.82, 2.24) is 9.97 Å². The topological polar surface area (TPSA) is 142 Å². The van der Waals surface area contributed by atoms with Crippen LogP contribution >= 0.6 is 11.3 Å². The molecule has 1 fully saturated rings. The molecule has 4 aromatic rings. The van der Waals surface area contributed by atoms with E-state index in [1.54, 1.807) is 19.5 Å². The van der Waals surface area contributed by atoms with Crippen LogP contribution in [0.15, 0.2) is 48.1 Å². The number of hydrogen-bond donors (Lipinski definition) is 4. The van der Waals surface area contributed by atoms with E-state index in [2.05, 4.69) is 31.6 Å². The minimum atomic E-state index is -2.92. The molecule has 1 amide bonds. The minimum absolute atomic E-state index is 0.260. The quantitative estimate of drug-likeness (QED) is 0.212. The average molecular weight is 569 g/mol. The fraction of sp³-hybridized carbons (Fsp3) is 0.333. The Balaban J connectivity index is 1.29. The van der Waals surface area contributed by atoms with Crippen molar-refractivity contribution in [3.05, 3.63) is 53.0 Å². The molecule has 10 nitrogen and oxygen atoms in total. The molecule has 0 unspecified atom stereocenters. The fourth-order valence-electron chi connectivity index (χ4n) is 4.95. The lowest BCUT2D eigenvalue weighted by Crippen LogP contribution is -2.34. The highest BCUT2D eigenvalue weighted by Crippen LogP contribution is 2.36. The number of nitrogens with zero attached hydrogens (tertiary/aromatic N) is 2. The molecule has 0 saturated carbocycles. The van der Waals surface area contributed by atoms with Gasteiger partial charge in [-0.3, -0.25) is 9.78 Å². The number of aromatic amines is 1. The molecule has 1 aliphatic heterocycles. The molecule has 12 heteroatoms. The van der Waals surface area contributed by atoms with Gasteiger partial charge in [0.15, 0.2) is 0 Å². The maximum Gasteiger partial charge on any atom is 0.260 e. The number of amides is 1. The Hall–Kier alpha value is -3.77. The van der Waals surface area contributed by atoms with Gasteiger partial charge >= 0.3 is 0 Å². The molecule has 206 valence electrons. The molecule has 1 saturated heterocycles. The number of pyridine rings is 1. The van der Waals surface area contributed by atoms with Crippen molar-refractivity contribution in [2.45, 2.75) is 19.3 Å². The van der Waals surface area contributed by atoms with E-state index in [4.69, 9.17) is 10.5 Å². The van der Waals surface area contributed by atoms with E-state index in [1.165, 1.54) is 17.6 Å². The second-order valence-electron chi connectivity index (χ2n) is 9.84. The Labute approximate surface area is 231 Å². The number of sulfone groups is 1. The van der Waals surface area contributed by atoms with Crippen molar-refractivity contribution < 1.29 is 17.9 Å². The van der Waals surface area contributed by atoms with E-state index in [0.717, 1.165) is 66.1 Å². The highest BCUT2D eigenvalue weighted by atomic mass is 32.2. The summed E-state index contributed by atoms with van der Waals surface area (Å²) in [5.74, 6) is 1.70. The molecule has 0 atom stereocenters. The number of nitrogens with one attached hydrogen (secondary N) is 3. The first-order chi connectivity index (χ1) is 18.7. The first-order valence-electron chi connectivity index (χ1n) is 12.7. The van der Waals surface area contributed by atoms with Gasteiger partial charge in [0.05, 0.1) is 47.8 Å². The molecule has 1 aliphatic rings. The highest BCUT2D eigenvalue weighted by molar-refractivity contribution is 7.90. The summed E-state index contributed by atoms with van der Waals surface area (Å²) in [4.78, 5) is 22.2. The first kappa shape index (κ1) is 26.8. The van der Waals surface area contributed by atoms with Crippen LogP contribution in [0.3, 0.4) is 0 Å². The summed E-state index contributed by atoms with van der Waals surface area (Å²) in [6.45, 7) is 1.77. The number of hydrogen-bond acceptors (Lipinski definition) is 9. The number of carbonyl (C=O) groups is 1. The maximum absolute atomic E-state index is 11.7. The number of methoxy groups -OCH3 is 1. The number of ether oxygens (including phenoxy) is 1. The normalized spacial score (nSPS) is 14.5. The lowest BCUT2D eigenvalue weighted by atomic mass is 9.94. The van der Waals surface area contributed by atoms with Gasteiger partial charge in [0.25, 0.3) is 5.91 Å². The Kier molecular flexibility index (Phi) is 7.67. The number of carbonyl (C=O) groups excluding carboxylic acids is 1. The van der Waals surface area contributed by atoms with Crippen molar-refractivity contribution in [3.8, 4) is 5.75 Å². The van der Waals surface area contributed by atoms with E-state index in [9.17, 15) is 13.2 Å². The van der Waals surface area contributed by atoms with Crippen molar-refractivity contribution in [2.24, 2.45) is 11.7 Å². The van der Waals surface area contributed by atoms with Gasteiger partial charge in [-0.25, -0.2) is 8.42 Å². The number of anilines is 5. The van der Waals surface area contributed by atoms with Crippen molar-refractivity contribution in [3.63, 3.8) is 0 Å². The zero-order chi connectivity index (χ0) is 27.6. The molecule has 1 aromatic carbocycles. The summed E-state index contributed by atoms with van der Waals surface area (Å²) < 4.78 is 28.7. The molecule has 4 heterocycles. The summed E-state index contributed by atoms with van der Waals surface area (Å²) in [6.07, 6.45) is 7.44. The molecule has 0 spiro atoms. The van der Waals surface area contributed by atoms with Crippen LogP contribution in [0, 0.1) is 5.92 Å². The SMILES string of the molecule is COc1cc(N2CCC(CCS(C)(=O)=O)CC2)ccc1Nc1cc2c(Nc3ccsc3C(N)=O)cncc2[nH]1. The number of aromatic nitrogens is 2. The van der Waals surface area contributed by atoms with E-state index in [0.29, 0.717) is 22.2 Å². The Morgan fingerprint density at radius 2 is 1.95 bits per heavy atom. The summed E-state index contributed by atoms with van der Waals surface area (Å²) in [5, 5.41) is 9.41. The fourth-order valence-corrected chi connectivity index (χ4v) is 6.41. The van der Waals surface area contributed by atoms with Crippen LogP contribution in [-0.4, -0.2) is 56.5 Å². The Morgan fingerprint density at radius 1 is 1.15 bits per heavy atom. The summed E-state index contributed by atoms with van der Waals surface area (Å²) in [7, 11) is -1.27. The summed E-state index contributed by atoms with van der Waals surface area (Å²) >= 11 is 1.29. The number of fused-ring (bicyclic) bond motifs is 1. The second kappa shape index (κ2) is 11.1. The van der Waals surface area contributed by atoms with Gasteiger partial charge in [0.2, 0.25) is 0 Å². The van der Waals surface area contributed by atoms with E-state index >= 15 is 0 Å². The number of piperidine rings is 1. The lowest BCUT2D eigenvalue weighted by Gasteiger charge is -2.34. The number of thiophene rings is 1. The van der Waals surface area contributed by atoms with Gasteiger partial charge in [-0.05, 0) is 54.8 Å². The third kappa shape index (κ3) is 6.28. The van der Waals surface area contributed by atoms with Gasteiger partial charge in [-0.2, -0.15) is 0 Å². The molecule has 5 rings (SSSR count). The molecule has 5 N–H and O–H groups in total. The predicted octanol–water partition coefficient (Wildman–Crippen LogP) is 4.87. The van der Waals surface area contributed by atoms with Crippen LogP contribution in [0.5, 0.6) is 5.75 Å². The van der Waals surface area contributed by atoms with Crippen LogP contribution in [0.25, 0.3) is 10.9 Å². The van der Waals surface area contributed by atoms with Crippen LogP contribution in [0.2, 0.25) is 0 Å². The molecular weight excluding hydrogens is 536 g/mol. The molecule has 39 heavy (non-hydrogen) atoms. The number of benzene rings is 1. The van der Waals surface area contributed by atoms with E-state index in [-0.39, 0.29) is 5.75 Å². The number of rotatable bonds is 10.